The maximum atomic E-state index is 12.5. The van der Waals surface area contributed by atoms with E-state index in [2.05, 4.69) is 10.3 Å². The smallest absolute Gasteiger partial charge is 0.309 e. The predicted molar refractivity (Wildman–Crippen MR) is 119 cm³/mol. The van der Waals surface area contributed by atoms with Gasteiger partial charge in [0.15, 0.2) is 17.0 Å². The van der Waals surface area contributed by atoms with Gasteiger partial charge in [0.2, 0.25) is 0 Å². The molecular formula is C23H23N3O5S. The first kappa shape index (κ1) is 21.8. The number of amides is 2. The summed E-state index contributed by atoms with van der Waals surface area (Å²) in [5.41, 5.74) is 1.73. The van der Waals surface area contributed by atoms with Gasteiger partial charge in [0.1, 0.15) is 0 Å². The zero-order chi connectivity index (χ0) is 22.5. The zero-order valence-corrected chi connectivity index (χ0v) is 18.3. The minimum Gasteiger partial charge on any atom is -0.459 e. The molecule has 1 aromatic carbocycles. The highest BCUT2D eigenvalue weighted by Crippen LogP contribution is 2.25. The number of benzene rings is 1. The molecule has 1 aliphatic heterocycles. The summed E-state index contributed by atoms with van der Waals surface area (Å²) in [7, 11) is 0. The van der Waals surface area contributed by atoms with E-state index in [1.54, 1.807) is 17.0 Å². The van der Waals surface area contributed by atoms with Gasteiger partial charge in [0.05, 0.1) is 17.9 Å². The van der Waals surface area contributed by atoms with Crippen LogP contribution in [0.4, 0.5) is 5.13 Å². The number of likely N-dealkylation sites (tertiary alicyclic amines) is 1. The van der Waals surface area contributed by atoms with Gasteiger partial charge < -0.3 is 14.1 Å². The Labute approximate surface area is 189 Å². The van der Waals surface area contributed by atoms with E-state index in [0.29, 0.717) is 31.1 Å². The highest BCUT2D eigenvalue weighted by atomic mass is 32.1. The molecule has 1 saturated heterocycles. The van der Waals surface area contributed by atoms with E-state index in [-0.39, 0.29) is 17.6 Å². The monoisotopic (exact) mass is 453 g/mol. The topological polar surface area (TPSA) is 102 Å². The van der Waals surface area contributed by atoms with Gasteiger partial charge >= 0.3 is 5.97 Å². The van der Waals surface area contributed by atoms with Crippen LogP contribution >= 0.6 is 11.3 Å². The SMILES string of the molecule is C[C@@H](OC(=O)C1CCN(C(=O)c2ccco2)CC1)C(=O)Nc1nc(-c2ccccc2)cs1. The van der Waals surface area contributed by atoms with Crippen LogP contribution in [-0.4, -0.2) is 46.9 Å². The number of carbonyl (C=O) groups excluding carboxylic acids is 3. The molecule has 8 nitrogen and oxygen atoms in total. The first-order valence-electron chi connectivity index (χ1n) is 10.4. The van der Waals surface area contributed by atoms with Crippen molar-refractivity contribution in [3.8, 4) is 11.3 Å². The fraction of sp³-hybridized carbons (Fsp3) is 0.304. The third-order valence-electron chi connectivity index (χ3n) is 5.31. The molecule has 1 N–H and O–H groups in total. The van der Waals surface area contributed by atoms with Gasteiger partial charge in [-0.15, -0.1) is 11.3 Å². The minimum atomic E-state index is -0.950. The van der Waals surface area contributed by atoms with Crippen molar-refractivity contribution >= 4 is 34.3 Å². The van der Waals surface area contributed by atoms with Crippen molar-refractivity contribution in [2.24, 2.45) is 5.92 Å². The Morgan fingerprint density at radius 3 is 2.59 bits per heavy atom. The quantitative estimate of drug-likeness (QED) is 0.569. The highest BCUT2D eigenvalue weighted by molar-refractivity contribution is 7.14. The van der Waals surface area contributed by atoms with Crippen molar-refractivity contribution in [1.29, 1.82) is 0 Å². The number of furan rings is 1. The lowest BCUT2D eigenvalue weighted by molar-refractivity contribution is -0.158. The molecule has 0 radical (unpaired) electrons. The van der Waals surface area contributed by atoms with Crippen LogP contribution in [0.25, 0.3) is 11.3 Å². The molecule has 3 aromatic rings. The maximum Gasteiger partial charge on any atom is 0.309 e. The molecule has 2 aromatic heterocycles. The Balaban J connectivity index is 1.25. The molecular weight excluding hydrogens is 430 g/mol. The number of aromatic nitrogens is 1. The normalized spacial score (nSPS) is 15.2. The minimum absolute atomic E-state index is 0.187. The predicted octanol–water partition coefficient (Wildman–Crippen LogP) is 3.83. The molecule has 9 heteroatoms. The van der Waals surface area contributed by atoms with E-state index >= 15 is 0 Å². The van der Waals surface area contributed by atoms with E-state index in [1.165, 1.54) is 24.5 Å². The molecule has 32 heavy (non-hydrogen) atoms. The lowest BCUT2D eigenvalue weighted by Gasteiger charge is -2.30. The van der Waals surface area contributed by atoms with Crippen LogP contribution in [0.3, 0.4) is 0 Å². The van der Waals surface area contributed by atoms with E-state index in [1.807, 2.05) is 35.7 Å². The average molecular weight is 454 g/mol. The van der Waals surface area contributed by atoms with Crippen LogP contribution in [0, 0.1) is 5.92 Å². The van der Waals surface area contributed by atoms with Gasteiger partial charge in [-0.05, 0) is 31.9 Å². The second-order valence-corrected chi connectivity index (χ2v) is 8.37. The third kappa shape index (κ3) is 5.05. The third-order valence-corrected chi connectivity index (χ3v) is 6.07. The molecule has 1 atom stereocenters. The summed E-state index contributed by atoms with van der Waals surface area (Å²) in [6, 6.07) is 12.9. The van der Waals surface area contributed by atoms with Gasteiger partial charge in [-0.3, -0.25) is 19.7 Å². The van der Waals surface area contributed by atoms with Crippen LogP contribution in [0.2, 0.25) is 0 Å². The molecule has 4 rings (SSSR count). The number of nitrogens with zero attached hydrogens (tertiary/aromatic N) is 2. The van der Waals surface area contributed by atoms with Crippen molar-refractivity contribution in [3.63, 3.8) is 0 Å². The van der Waals surface area contributed by atoms with Crippen molar-refractivity contribution < 1.29 is 23.5 Å². The van der Waals surface area contributed by atoms with E-state index in [0.717, 1.165) is 11.3 Å². The number of hydrogen-bond donors (Lipinski definition) is 1. The molecule has 166 valence electrons. The number of esters is 1. The molecule has 2 amide bonds. The summed E-state index contributed by atoms with van der Waals surface area (Å²) < 4.78 is 10.5. The van der Waals surface area contributed by atoms with Gasteiger partial charge in [-0.2, -0.15) is 0 Å². The zero-order valence-electron chi connectivity index (χ0n) is 17.5. The molecule has 1 aliphatic rings. The first-order chi connectivity index (χ1) is 15.5. The lowest BCUT2D eigenvalue weighted by atomic mass is 9.97. The van der Waals surface area contributed by atoms with Crippen molar-refractivity contribution in [3.05, 3.63) is 59.9 Å². The van der Waals surface area contributed by atoms with Gasteiger partial charge in [-0.1, -0.05) is 30.3 Å². The van der Waals surface area contributed by atoms with Crippen LogP contribution < -0.4 is 5.32 Å². The second-order valence-electron chi connectivity index (χ2n) is 7.52. The number of anilines is 1. The molecule has 0 saturated carbocycles. The maximum absolute atomic E-state index is 12.5. The summed E-state index contributed by atoms with van der Waals surface area (Å²) in [5, 5.41) is 5.01. The lowest BCUT2D eigenvalue weighted by Crippen LogP contribution is -2.41. The largest absolute Gasteiger partial charge is 0.459 e. The van der Waals surface area contributed by atoms with Gasteiger partial charge in [-0.25, -0.2) is 4.98 Å². The summed E-state index contributed by atoms with van der Waals surface area (Å²) in [6.07, 6.45) is 1.46. The molecule has 1 fully saturated rings. The standard InChI is InChI=1S/C23H23N3O5S/c1-15(20(27)25-23-24-18(14-32-23)16-6-3-2-4-7-16)31-22(29)17-9-11-26(12-10-17)21(28)19-8-5-13-30-19/h2-8,13-15,17H,9-12H2,1H3,(H,24,25,27)/t15-/m1/s1. The molecule has 0 bridgehead atoms. The van der Waals surface area contributed by atoms with Crippen LogP contribution in [0.1, 0.15) is 30.3 Å². The van der Waals surface area contributed by atoms with E-state index < -0.39 is 18.0 Å². The second kappa shape index (κ2) is 9.78. The summed E-state index contributed by atoms with van der Waals surface area (Å²) in [5.74, 6) is -1.11. The number of rotatable bonds is 6. The molecule has 0 aliphatic carbocycles. The first-order valence-corrected chi connectivity index (χ1v) is 11.2. The number of thiazole rings is 1. The van der Waals surface area contributed by atoms with E-state index in [4.69, 9.17) is 9.15 Å². The number of carbonyl (C=O) groups is 3. The number of ether oxygens (including phenoxy) is 1. The Hall–Kier alpha value is -3.46. The number of piperidine rings is 1. The Bertz CT molecular complexity index is 1070. The Morgan fingerprint density at radius 1 is 1.16 bits per heavy atom. The van der Waals surface area contributed by atoms with E-state index in [9.17, 15) is 14.4 Å². The fourth-order valence-corrected chi connectivity index (χ4v) is 4.20. The van der Waals surface area contributed by atoms with Crippen molar-refractivity contribution in [1.82, 2.24) is 9.88 Å². The average Bonchev–Trinajstić information content (AvgIpc) is 3.52. The summed E-state index contributed by atoms with van der Waals surface area (Å²) >= 11 is 1.31. The van der Waals surface area contributed by atoms with Crippen molar-refractivity contribution in [2.75, 3.05) is 18.4 Å². The van der Waals surface area contributed by atoms with Gasteiger partial charge in [0.25, 0.3) is 11.8 Å². The Morgan fingerprint density at radius 2 is 1.91 bits per heavy atom. The molecule has 0 spiro atoms. The van der Waals surface area contributed by atoms with Crippen LogP contribution in [0.15, 0.2) is 58.5 Å². The summed E-state index contributed by atoms with van der Waals surface area (Å²) in [4.78, 5) is 43.4. The van der Waals surface area contributed by atoms with Crippen molar-refractivity contribution in [2.45, 2.75) is 25.9 Å². The Kier molecular flexibility index (Phi) is 6.65. The van der Waals surface area contributed by atoms with Crippen LogP contribution in [0.5, 0.6) is 0 Å². The molecule has 3 heterocycles. The van der Waals surface area contributed by atoms with Crippen LogP contribution in [-0.2, 0) is 14.3 Å². The molecule has 0 unspecified atom stereocenters. The highest BCUT2D eigenvalue weighted by Gasteiger charge is 2.31. The number of nitrogens with one attached hydrogen (secondary N) is 1. The van der Waals surface area contributed by atoms with Gasteiger partial charge in [0, 0.05) is 24.0 Å². The number of hydrogen-bond acceptors (Lipinski definition) is 7. The summed E-state index contributed by atoms with van der Waals surface area (Å²) in [6.45, 7) is 2.40. The fourth-order valence-electron chi connectivity index (χ4n) is 3.48.